The summed E-state index contributed by atoms with van der Waals surface area (Å²) in [6.07, 6.45) is 0. The van der Waals surface area contributed by atoms with Gasteiger partial charge in [-0.25, -0.2) is 0 Å². The van der Waals surface area contributed by atoms with E-state index in [9.17, 15) is 0 Å². The zero-order valence-corrected chi connectivity index (χ0v) is 14.5. The van der Waals surface area contributed by atoms with Gasteiger partial charge in [0, 0.05) is 27.6 Å². The second-order valence-corrected chi connectivity index (χ2v) is 6.56. The fourth-order valence-corrected chi connectivity index (χ4v) is 2.55. The molecule has 21 heavy (non-hydrogen) atoms. The van der Waals surface area contributed by atoms with E-state index in [0.717, 1.165) is 32.9 Å². The number of nitrogens with one attached hydrogen (secondary N) is 1. The van der Waals surface area contributed by atoms with Crippen molar-refractivity contribution in [2.75, 3.05) is 0 Å². The standard InChI is InChI=1S/C17H19BrClNO/c1-12(2)20-10-14-9-15(18)6-7-17(14)21-11-13-4-3-5-16(19)8-13/h3-9,12,20H,10-11H2,1-2H3. The summed E-state index contributed by atoms with van der Waals surface area (Å²) in [5.41, 5.74) is 2.20. The number of rotatable bonds is 6. The molecule has 0 aliphatic carbocycles. The molecule has 0 atom stereocenters. The van der Waals surface area contributed by atoms with Crippen LogP contribution in [0.2, 0.25) is 5.02 Å². The maximum Gasteiger partial charge on any atom is 0.124 e. The van der Waals surface area contributed by atoms with Crippen LogP contribution in [0.5, 0.6) is 5.75 Å². The summed E-state index contributed by atoms with van der Waals surface area (Å²) in [6, 6.07) is 14.2. The number of hydrogen-bond donors (Lipinski definition) is 1. The van der Waals surface area contributed by atoms with E-state index in [0.29, 0.717) is 12.6 Å². The molecular formula is C17H19BrClNO. The van der Waals surface area contributed by atoms with E-state index in [1.807, 2.05) is 36.4 Å². The van der Waals surface area contributed by atoms with Crippen molar-refractivity contribution in [3.8, 4) is 5.75 Å². The lowest BCUT2D eigenvalue weighted by Crippen LogP contribution is -2.22. The van der Waals surface area contributed by atoms with Crippen LogP contribution in [-0.2, 0) is 13.2 Å². The van der Waals surface area contributed by atoms with Crippen LogP contribution < -0.4 is 10.1 Å². The summed E-state index contributed by atoms with van der Waals surface area (Å²) in [5, 5.41) is 4.14. The molecule has 2 aromatic rings. The SMILES string of the molecule is CC(C)NCc1cc(Br)ccc1OCc1cccc(Cl)c1. The van der Waals surface area contributed by atoms with Crippen LogP contribution in [0.15, 0.2) is 46.9 Å². The Kier molecular flexibility index (Phi) is 6.09. The highest BCUT2D eigenvalue weighted by atomic mass is 79.9. The van der Waals surface area contributed by atoms with Gasteiger partial charge in [0.15, 0.2) is 0 Å². The second-order valence-electron chi connectivity index (χ2n) is 5.21. The molecule has 0 aromatic heterocycles. The van der Waals surface area contributed by atoms with Crippen molar-refractivity contribution in [1.82, 2.24) is 5.32 Å². The summed E-state index contributed by atoms with van der Waals surface area (Å²) in [4.78, 5) is 0. The van der Waals surface area contributed by atoms with Crippen molar-refractivity contribution in [2.45, 2.75) is 33.0 Å². The number of ether oxygens (including phenoxy) is 1. The molecule has 0 heterocycles. The van der Waals surface area contributed by atoms with Crippen LogP contribution in [0.1, 0.15) is 25.0 Å². The maximum absolute atomic E-state index is 5.99. The Morgan fingerprint density at radius 3 is 2.71 bits per heavy atom. The first-order valence-electron chi connectivity index (χ1n) is 6.93. The molecule has 0 radical (unpaired) electrons. The minimum absolute atomic E-state index is 0.435. The summed E-state index contributed by atoms with van der Waals surface area (Å²) < 4.78 is 7.00. The smallest absolute Gasteiger partial charge is 0.124 e. The first-order chi connectivity index (χ1) is 10.0. The van der Waals surface area contributed by atoms with Gasteiger partial charge < -0.3 is 10.1 Å². The number of benzene rings is 2. The summed E-state index contributed by atoms with van der Waals surface area (Å²) in [6.45, 7) is 5.55. The van der Waals surface area contributed by atoms with Crippen molar-refractivity contribution in [1.29, 1.82) is 0 Å². The molecule has 4 heteroatoms. The molecule has 0 aliphatic heterocycles. The quantitative estimate of drug-likeness (QED) is 0.758. The Balaban J connectivity index is 2.08. The molecule has 1 N–H and O–H groups in total. The van der Waals surface area contributed by atoms with Gasteiger partial charge in [0.1, 0.15) is 12.4 Å². The van der Waals surface area contributed by atoms with E-state index in [4.69, 9.17) is 16.3 Å². The summed E-state index contributed by atoms with van der Waals surface area (Å²) >= 11 is 9.50. The highest BCUT2D eigenvalue weighted by Gasteiger charge is 2.06. The van der Waals surface area contributed by atoms with Crippen molar-refractivity contribution < 1.29 is 4.74 Å². The maximum atomic E-state index is 5.99. The molecule has 0 saturated heterocycles. The summed E-state index contributed by atoms with van der Waals surface area (Å²) in [7, 11) is 0. The van der Waals surface area contributed by atoms with Gasteiger partial charge in [0.05, 0.1) is 0 Å². The number of hydrogen-bond acceptors (Lipinski definition) is 2. The third-order valence-corrected chi connectivity index (χ3v) is 3.74. The second kappa shape index (κ2) is 7.83. The highest BCUT2D eigenvalue weighted by Crippen LogP contribution is 2.24. The molecule has 0 fully saturated rings. The van der Waals surface area contributed by atoms with Crippen LogP contribution in [-0.4, -0.2) is 6.04 Å². The molecule has 112 valence electrons. The number of halogens is 2. The third kappa shape index (κ3) is 5.34. The average molecular weight is 369 g/mol. The van der Waals surface area contributed by atoms with Crippen molar-refractivity contribution in [3.05, 3.63) is 63.1 Å². The van der Waals surface area contributed by atoms with Gasteiger partial charge in [0.2, 0.25) is 0 Å². The summed E-state index contributed by atoms with van der Waals surface area (Å²) in [5.74, 6) is 0.895. The van der Waals surface area contributed by atoms with E-state index in [-0.39, 0.29) is 0 Å². The molecule has 0 amide bonds. The van der Waals surface area contributed by atoms with Crippen LogP contribution >= 0.6 is 27.5 Å². The lowest BCUT2D eigenvalue weighted by atomic mass is 10.2. The van der Waals surface area contributed by atoms with Gasteiger partial charge in [-0.3, -0.25) is 0 Å². The molecule has 0 spiro atoms. The van der Waals surface area contributed by atoms with Crippen molar-refractivity contribution in [3.63, 3.8) is 0 Å². The van der Waals surface area contributed by atoms with E-state index >= 15 is 0 Å². The fraction of sp³-hybridized carbons (Fsp3) is 0.294. The first-order valence-corrected chi connectivity index (χ1v) is 8.11. The predicted octanol–water partition coefficient (Wildman–Crippen LogP) is 5.18. The Bertz CT molecular complexity index is 601. The van der Waals surface area contributed by atoms with Gasteiger partial charge in [-0.2, -0.15) is 0 Å². The Morgan fingerprint density at radius 2 is 2.00 bits per heavy atom. The Hall–Kier alpha value is -1.03. The molecule has 0 bridgehead atoms. The Morgan fingerprint density at radius 1 is 1.19 bits per heavy atom. The van der Waals surface area contributed by atoms with Crippen molar-refractivity contribution in [2.24, 2.45) is 0 Å². The molecule has 0 aliphatic rings. The lowest BCUT2D eigenvalue weighted by molar-refractivity contribution is 0.301. The lowest BCUT2D eigenvalue weighted by Gasteiger charge is -2.14. The van der Waals surface area contributed by atoms with Crippen LogP contribution in [0.25, 0.3) is 0 Å². The van der Waals surface area contributed by atoms with E-state index in [1.165, 1.54) is 0 Å². The normalized spacial score (nSPS) is 10.9. The predicted molar refractivity (Wildman–Crippen MR) is 91.9 cm³/mol. The molecule has 2 rings (SSSR count). The first kappa shape index (κ1) is 16.3. The molecule has 0 unspecified atom stereocenters. The van der Waals surface area contributed by atoms with Crippen LogP contribution in [0.3, 0.4) is 0 Å². The topological polar surface area (TPSA) is 21.3 Å². The van der Waals surface area contributed by atoms with E-state index in [1.54, 1.807) is 0 Å². The Labute approximate surface area is 139 Å². The van der Waals surface area contributed by atoms with E-state index < -0.39 is 0 Å². The zero-order valence-electron chi connectivity index (χ0n) is 12.2. The minimum atomic E-state index is 0.435. The third-order valence-electron chi connectivity index (χ3n) is 3.01. The molecule has 2 aromatic carbocycles. The van der Waals surface area contributed by atoms with Crippen molar-refractivity contribution >= 4 is 27.5 Å². The van der Waals surface area contributed by atoms with Crippen LogP contribution in [0, 0.1) is 0 Å². The largest absolute Gasteiger partial charge is 0.489 e. The minimum Gasteiger partial charge on any atom is -0.489 e. The molecule has 2 nitrogen and oxygen atoms in total. The van der Waals surface area contributed by atoms with Gasteiger partial charge >= 0.3 is 0 Å². The van der Waals surface area contributed by atoms with E-state index in [2.05, 4.69) is 41.2 Å². The molecular weight excluding hydrogens is 350 g/mol. The average Bonchev–Trinajstić information content (AvgIpc) is 2.44. The van der Waals surface area contributed by atoms with Gasteiger partial charge in [-0.1, -0.05) is 53.5 Å². The van der Waals surface area contributed by atoms with Gasteiger partial charge in [0.25, 0.3) is 0 Å². The van der Waals surface area contributed by atoms with Gasteiger partial charge in [-0.15, -0.1) is 0 Å². The zero-order chi connectivity index (χ0) is 15.2. The van der Waals surface area contributed by atoms with Gasteiger partial charge in [-0.05, 0) is 35.9 Å². The monoisotopic (exact) mass is 367 g/mol. The highest BCUT2D eigenvalue weighted by molar-refractivity contribution is 9.10. The fourth-order valence-electron chi connectivity index (χ4n) is 1.93. The van der Waals surface area contributed by atoms with Crippen LogP contribution in [0.4, 0.5) is 0 Å². The molecule has 0 saturated carbocycles.